The molecule has 1 aromatic carbocycles. The SMILES string of the molecule is CC(C)N(C)S(=O)(=O)c1ccc(C(=O)N(Cc2cccnc2)CC2CCCO2)cc1. The van der Waals surface area contributed by atoms with Crippen molar-refractivity contribution in [2.45, 2.75) is 50.3 Å². The van der Waals surface area contributed by atoms with Gasteiger partial charge in [-0.3, -0.25) is 9.78 Å². The summed E-state index contributed by atoms with van der Waals surface area (Å²) >= 11 is 0. The Morgan fingerprint density at radius 2 is 1.97 bits per heavy atom. The van der Waals surface area contributed by atoms with Gasteiger partial charge in [-0.05, 0) is 62.6 Å². The molecule has 0 radical (unpaired) electrons. The minimum absolute atomic E-state index is 0.0185. The van der Waals surface area contributed by atoms with Crippen molar-refractivity contribution in [2.75, 3.05) is 20.2 Å². The van der Waals surface area contributed by atoms with Crippen LogP contribution in [0.2, 0.25) is 0 Å². The van der Waals surface area contributed by atoms with E-state index in [0.717, 1.165) is 25.0 Å². The average Bonchev–Trinajstić information content (AvgIpc) is 3.26. The number of hydrogen-bond donors (Lipinski definition) is 0. The molecule has 1 fully saturated rings. The molecule has 8 heteroatoms. The maximum Gasteiger partial charge on any atom is 0.254 e. The highest BCUT2D eigenvalue weighted by Crippen LogP contribution is 2.20. The van der Waals surface area contributed by atoms with E-state index >= 15 is 0 Å². The Balaban J connectivity index is 1.81. The Morgan fingerprint density at radius 3 is 2.53 bits per heavy atom. The predicted molar refractivity (Wildman–Crippen MR) is 114 cm³/mol. The van der Waals surface area contributed by atoms with Gasteiger partial charge in [0.2, 0.25) is 10.0 Å². The van der Waals surface area contributed by atoms with Crippen LogP contribution in [0.4, 0.5) is 0 Å². The van der Waals surface area contributed by atoms with Crippen molar-refractivity contribution in [2.24, 2.45) is 0 Å². The van der Waals surface area contributed by atoms with Gasteiger partial charge < -0.3 is 9.64 Å². The third-order valence-corrected chi connectivity index (χ3v) is 7.38. The van der Waals surface area contributed by atoms with Gasteiger partial charge in [-0.25, -0.2) is 8.42 Å². The van der Waals surface area contributed by atoms with Crippen molar-refractivity contribution in [3.8, 4) is 0 Å². The number of sulfonamides is 1. The zero-order chi connectivity index (χ0) is 21.7. The zero-order valence-corrected chi connectivity index (χ0v) is 18.5. The third-order valence-electron chi connectivity index (χ3n) is 5.34. The van der Waals surface area contributed by atoms with Crippen LogP contribution in [0.5, 0.6) is 0 Å². The highest BCUT2D eigenvalue weighted by molar-refractivity contribution is 7.89. The van der Waals surface area contributed by atoms with Gasteiger partial charge in [0.05, 0.1) is 11.0 Å². The molecule has 0 saturated carbocycles. The summed E-state index contributed by atoms with van der Waals surface area (Å²) in [5.74, 6) is -0.157. The minimum atomic E-state index is -3.59. The van der Waals surface area contributed by atoms with Gasteiger partial charge in [-0.1, -0.05) is 6.07 Å². The summed E-state index contributed by atoms with van der Waals surface area (Å²) in [6, 6.07) is 9.77. The van der Waals surface area contributed by atoms with E-state index in [1.54, 1.807) is 36.5 Å². The Morgan fingerprint density at radius 1 is 1.23 bits per heavy atom. The maximum atomic E-state index is 13.2. The van der Waals surface area contributed by atoms with Gasteiger partial charge in [0.15, 0.2) is 0 Å². The summed E-state index contributed by atoms with van der Waals surface area (Å²) < 4.78 is 32.4. The summed E-state index contributed by atoms with van der Waals surface area (Å²) in [5, 5.41) is 0. The van der Waals surface area contributed by atoms with E-state index < -0.39 is 10.0 Å². The van der Waals surface area contributed by atoms with Crippen molar-refractivity contribution in [1.29, 1.82) is 0 Å². The number of benzene rings is 1. The van der Waals surface area contributed by atoms with Crippen molar-refractivity contribution < 1.29 is 17.9 Å². The summed E-state index contributed by atoms with van der Waals surface area (Å²) in [7, 11) is -2.04. The number of rotatable bonds is 8. The van der Waals surface area contributed by atoms with Crippen LogP contribution in [-0.4, -0.2) is 60.9 Å². The lowest BCUT2D eigenvalue weighted by Crippen LogP contribution is -2.37. The van der Waals surface area contributed by atoms with E-state index in [9.17, 15) is 13.2 Å². The molecule has 2 heterocycles. The molecule has 1 atom stereocenters. The first kappa shape index (κ1) is 22.4. The van der Waals surface area contributed by atoms with Gasteiger partial charge in [0.25, 0.3) is 5.91 Å². The van der Waals surface area contributed by atoms with Crippen LogP contribution in [0.15, 0.2) is 53.7 Å². The summed E-state index contributed by atoms with van der Waals surface area (Å²) in [5.41, 5.74) is 1.38. The zero-order valence-electron chi connectivity index (χ0n) is 17.7. The molecule has 0 N–H and O–H groups in total. The Hall–Kier alpha value is -2.29. The van der Waals surface area contributed by atoms with Gasteiger partial charge in [-0.2, -0.15) is 4.31 Å². The molecule has 0 spiro atoms. The maximum absolute atomic E-state index is 13.2. The molecule has 30 heavy (non-hydrogen) atoms. The van der Waals surface area contributed by atoms with Crippen LogP contribution < -0.4 is 0 Å². The number of aromatic nitrogens is 1. The van der Waals surface area contributed by atoms with E-state index in [4.69, 9.17) is 4.74 Å². The van der Waals surface area contributed by atoms with E-state index in [1.165, 1.54) is 16.4 Å². The predicted octanol–water partition coefficient (Wildman–Crippen LogP) is 2.93. The van der Waals surface area contributed by atoms with E-state index in [0.29, 0.717) is 18.7 Å². The first-order valence-corrected chi connectivity index (χ1v) is 11.6. The molecule has 2 aromatic rings. The lowest BCUT2D eigenvalue weighted by Gasteiger charge is -2.26. The number of carbonyl (C=O) groups is 1. The number of carbonyl (C=O) groups excluding carboxylic acids is 1. The number of nitrogens with zero attached hydrogens (tertiary/aromatic N) is 3. The Labute approximate surface area is 178 Å². The highest BCUT2D eigenvalue weighted by Gasteiger charge is 2.26. The van der Waals surface area contributed by atoms with Crippen LogP contribution >= 0.6 is 0 Å². The number of ether oxygens (including phenoxy) is 1. The lowest BCUT2D eigenvalue weighted by atomic mass is 10.1. The largest absolute Gasteiger partial charge is 0.376 e. The second-order valence-corrected chi connectivity index (χ2v) is 9.82. The fraction of sp³-hybridized carbons (Fsp3) is 0.455. The quantitative estimate of drug-likeness (QED) is 0.642. The molecule has 1 amide bonds. The molecule has 1 aromatic heterocycles. The minimum Gasteiger partial charge on any atom is -0.376 e. The van der Waals surface area contributed by atoms with E-state index in [2.05, 4.69) is 4.98 Å². The molecule has 7 nitrogen and oxygen atoms in total. The topological polar surface area (TPSA) is 79.8 Å². The van der Waals surface area contributed by atoms with E-state index in [-0.39, 0.29) is 22.9 Å². The van der Waals surface area contributed by atoms with Crippen molar-refractivity contribution in [3.63, 3.8) is 0 Å². The molecule has 1 aliphatic rings. The van der Waals surface area contributed by atoms with Crippen LogP contribution in [0, 0.1) is 0 Å². The number of pyridine rings is 1. The second-order valence-electron chi connectivity index (χ2n) is 7.82. The van der Waals surface area contributed by atoms with Crippen LogP contribution in [0.1, 0.15) is 42.6 Å². The molecule has 0 aliphatic carbocycles. The third kappa shape index (κ3) is 5.24. The Kier molecular flexibility index (Phi) is 7.23. The van der Waals surface area contributed by atoms with Gasteiger partial charge in [0, 0.05) is 50.7 Å². The van der Waals surface area contributed by atoms with Gasteiger partial charge in [-0.15, -0.1) is 0 Å². The van der Waals surface area contributed by atoms with Crippen molar-refractivity contribution in [3.05, 3.63) is 59.9 Å². The summed E-state index contributed by atoms with van der Waals surface area (Å²) in [6.07, 6.45) is 5.38. The first-order chi connectivity index (χ1) is 14.3. The number of amides is 1. The molecule has 1 unspecified atom stereocenters. The molecule has 3 rings (SSSR count). The lowest BCUT2D eigenvalue weighted by molar-refractivity contribution is 0.0507. The fourth-order valence-corrected chi connectivity index (χ4v) is 4.73. The van der Waals surface area contributed by atoms with Crippen molar-refractivity contribution >= 4 is 15.9 Å². The van der Waals surface area contributed by atoms with Crippen molar-refractivity contribution in [1.82, 2.24) is 14.2 Å². The molecule has 0 bridgehead atoms. The van der Waals surface area contributed by atoms with Crippen LogP contribution in [0.3, 0.4) is 0 Å². The molecule has 1 aliphatic heterocycles. The summed E-state index contributed by atoms with van der Waals surface area (Å²) in [4.78, 5) is 19.3. The monoisotopic (exact) mass is 431 g/mol. The smallest absolute Gasteiger partial charge is 0.254 e. The standard InChI is InChI=1S/C22H29N3O4S/c1-17(2)24(3)30(27,28)21-10-8-19(9-11-21)22(26)25(16-20-7-5-13-29-20)15-18-6-4-12-23-14-18/h4,6,8-12,14,17,20H,5,7,13,15-16H2,1-3H3. The van der Waals surface area contributed by atoms with E-state index in [1.807, 2.05) is 26.0 Å². The Bertz CT molecular complexity index is 940. The molecule has 1 saturated heterocycles. The van der Waals surface area contributed by atoms with Crippen LogP contribution in [0.25, 0.3) is 0 Å². The first-order valence-electron chi connectivity index (χ1n) is 10.2. The fourth-order valence-electron chi connectivity index (χ4n) is 3.36. The highest BCUT2D eigenvalue weighted by atomic mass is 32.2. The molecule has 162 valence electrons. The average molecular weight is 432 g/mol. The van der Waals surface area contributed by atoms with Crippen LogP contribution in [-0.2, 0) is 21.3 Å². The number of hydrogen-bond acceptors (Lipinski definition) is 5. The van der Waals surface area contributed by atoms with Gasteiger partial charge in [0.1, 0.15) is 0 Å². The normalized spacial score (nSPS) is 16.9. The molecular weight excluding hydrogens is 402 g/mol. The summed E-state index contributed by atoms with van der Waals surface area (Å²) in [6.45, 7) is 5.26. The molecular formula is C22H29N3O4S. The second kappa shape index (κ2) is 9.68. The van der Waals surface area contributed by atoms with Gasteiger partial charge >= 0.3 is 0 Å².